The minimum atomic E-state index is 0.376. The second-order valence-electron chi connectivity index (χ2n) is 4.47. The lowest BCUT2D eigenvalue weighted by molar-refractivity contribution is 0.471. The molecule has 0 aromatic heterocycles. The van der Waals surface area contributed by atoms with Crippen LogP contribution in [0.25, 0.3) is 0 Å². The van der Waals surface area contributed by atoms with Gasteiger partial charge in [-0.3, -0.25) is 0 Å². The molecule has 0 saturated carbocycles. The lowest BCUT2D eigenvalue weighted by atomic mass is 10.1. The molecule has 0 radical (unpaired) electrons. The van der Waals surface area contributed by atoms with Crippen molar-refractivity contribution in [2.45, 2.75) is 38.0 Å². The number of phenols is 1. The van der Waals surface area contributed by atoms with Gasteiger partial charge in [0.05, 0.1) is 0 Å². The molecule has 16 heavy (non-hydrogen) atoms. The van der Waals surface area contributed by atoms with E-state index in [0.717, 1.165) is 11.3 Å². The maximum Gasteiger partial charge on any atom is 0.120 e. The Morgan fingerprint density at radius 3 is 2.94 bits per heavy atom. The number of nitrogens with one attached hydrogen (secondary N) is 1. The first-order chi connectivity index (χ1) is 7.66. The van der Waals surface area contributed by atoms with Crippen molar-refractivity contribution in [1.82, 2.24) is 0 Å². The Bertz CT molecular complexity index is 367. The summed E-state index contributed by atoms with van der Waals surface area (Å²) >= 11 is 2.03. The average Bonchev–Trinajstić information content (AvgIpc) is 2.27. The summed E-state index contributed by atoms with van der Waals surface area (Å²) in [5, 5.41) is 13.8. The van der Waals surface area contributed by atoms with E-state index in [0.29, 0.717) is 17.0 Å². The minimum absolute atomic E-state index is 0.376. The van der Waals surface area contributed by atoms with Gasteiger partial charge in [-0.2, -0.15) is 11.8 Å². The highest BCUT2D eigenvalue weighted by atomic mass is 32.2. The van der Waals surface area contributed by atoms with Crippen molar-refractivity contribution >= 4 is 17.4 Å². The molecule has 3 heteroatoms. The van der Waals surface area contributed by atoms with Crippen LogP contribution in [-0.2, 0) is 0 Å². The van der Waals surface area contributed by atoms with Crippen LogP contribution in [0.2, 0.25) is 0 Å². The monoisotopic (exact) mass is 237 g/mol. The molecule has 88 valence electrons. The molecule has 0 aliphatic carbocycles. The lowest BCUT2D eigenvalue weighted by Crippen LogP contribution is -2.32. The quantitative estimate of drug-likeness (QED) is 0.827. The number of benzene rings is 1. The first-order valence-electron chi connectivity index (χ1n) is 5.84. The maximum atomic E-state index is 9.65. The van der Waals surface area contributed by atoms with Crippen LogP contribution >= 0.6 is 11.8 Å². The molecule has 1 aliphatic rings. The Labute approximate surface area is 101 Å². The van der Waals surface area contributed by atoms with E-state index in [1.165, 1.54) is 18.6 Å². The Kier molecular flexibility index (Phi) is 3.64. The molecule has 1 fully saturated rings. The van der Waals surface area contributed by atoms with E-state index >= 15 is 0 Å². The Morgan fingerprint density at radius 1 is 1.44 bits per heavy atom. The van der Waals surface area contributed by atoms with E-state index in [1.54, 1.807) is 0 Å². The SMILES string of the molecule is Cc1ccc(NC2CCCSC2C)cc1O. The van der Waals surface area contributed by atoms with Gasteiger partial charge < -0.3 is 10.4 Å². The Hall–Kier alpha value is -0.830. The van der Waals surface area contributed by atoms with E-state index in [1.807, 2.05) is 36.9 Å². The second-order valence-corrected chi connectivity index (χ2v) is 5.96. The molecule has 2 unspecified atom stereocenters. The molecular weight excluding hydrogens is 218 g/mol. The standard InChI is InChI=1S/C13H19NOS/c1-9-5-6-11(8-13(9)15)14-12-4-3-7-16-10(12)2/h5-6,8,10,12,14-15H,3-4,7H2,1-2H3. The average molecular weight is 237 g/mol. The molecule has 0 amide bonds. The third-order valence-electron chi connectivity index (χ3n) is 3.17. The third kappa shape index (κ3) is 2.64. The molecule has 1 aliphatic heterocycles. The lowest BCUT2D eigenvalue weighted by Gasteiger charge is -2.30. The van der Waals surface area contributed by atoms with Crippen molar-refractivity contribution in [3.8, 4) is 5.75 Å². The molecular formula is C13H19NOS. The zero-order valence-corrected chi connectivity index (χ0v) is 10.7. The fourth-order valence-electron chi connectivity index (χ4n) is 2.03. The molecule has 2 nitrogen and oxygen atoms in total. The number of anilines is 1. The van der Waals surface area contributed by atoms with Gasteiger partial charge in [-0.15, -0.1) is 0 Å². The van der Waals surface area contributed by atoms with Crippen LogP contribution < -0.4 is 5.32 Å². The van der Waals surface area contributed by atoms with Gasteiger partial charge in [0.15, 0.2) is 0 Å². The first kappa shape index (κ1) is 11.6. The molecule has 1 aromatic carbocycles. The number of phenolic OH excluding ortho intramolecular Hbond substituents is 1. The van der Waals surface area contributed by atoms with Crippen LogP contribution in [-0.4, -0.2) is 22.2 Å². The van der Waals surface area contributed by atoms with Gasteiger partial charge >= 0.3 is 0 Å². The minimum Gasteiger partial charge on any atom is -0.508 e. The van der Waals surface area contributed by atoms with Gasteiger partial charge in [0.25, 0.3) is 0 Å². The number of aryl methyl sites for hydroxylation is 1. The van der Waals surface area contributed by atoms with Crippen molar-refractivity contribution in [3.05, 3.63) is 23.8 Å². The van der Waals surface area contributed by atoms with E-state index in [-0.39, 0.29) is 0 Å². The van der Waals surface area contributed by atoms with Gasteiger partial charge in [-0.1, -0.05) is 13.0 Å². The molecule has 1 heterocycles. The molecule has 2 atom stereocenters. The largest absolute Gasteiger partial charge is 0.508 e. The highest BCUT2D eigenvalue weighted by Crippen LogP contribution is 2.29. The van der Waals surface area contributed by atoms with Gasteiger partial charge in [0, 0.05) is 23.0 Å². The van der Waals surface area contributed by atoms with E-state index in [2.05, 4.69) is 12.2 Å². The first-order valence-corrected chi connectivity index (χ1v) is 6.89. The van der Waals surface area contributed by atoms with Gasteiger partial charge in [0.1, 0.15) is 5.75 Å². The maximum absolute atomic E-state index is 9.65. The van der Waals surface area contributed by atoms with Gasteiger partial charge in [-0.25, -0.2) is 0 Å². The topological polar surface area (TPSA) is 32.3 Å². The fraction of sp³-hybridized carbons (Fsp3) is 0.538. The summed E-state index contributed by atoms with van der Waals surface area (Å²) in [5.74, 6) is 1.65. The Morgan fingerprint density at radius 2 is 2.25 bits per heavy atom. The zero-order chi connectivity index (χ0) is 11.5. The second kappa shape index (κ2) is 5.00. The molecule has 1 aromatic rings. The highest BCUT2D eigenvalue weighted by Gasteiger charge is 2.21. The predicted octanol–water partition coefficient (Wildman–Crippen LogP) is 3.40. The van der Waals surface area contributed by atoms with Crippen molar-refractivity contribution in [1.29, 1.82) is 0 Å². The van der Waals surface area contributed by atoms with Gasteiger partial charge in [0.2, 0.25) is 0 Å². The fourth-order valence-corrected chi connectivity index (χ4v) is 3.17. The van der Waals surface area contributed by atoms with Gasteiger partial charge in [-0.05, 0) is 37.1 Å². The third-order valence-corrected chi connectivity index (χ3v) is 4.55. The summed E-state index contributed by atoms with van der Waals surface area (Å²) in [6.45, 7) is 4.19. The van der Waals surface area contributed by atoms with Crippen molar-refractivity contribution in [2.24, 2.45) is 0 Å². The smallest absolute Gasteiger partial charge is 0.120 e. The van der Waals surface area contributed by atoms with Crippen LogP contribution in [0.4, 0.5) is 5.69 Å². The van der Waals surface area contributed by atoms with E-state index in [4.69, 9.17) is 0 Å². The number of thioether (sulfide) groups is 1. The van der Waals surface area contributed by atoms with Crippen molar-refractivity contribution in [2.75, 3.05) is 11.1 Å². The molecule has 1 saturated heterocycles. The number of hydrogen-bond acceptors (Lipinski definition) is 3. The number of hydrogen-bond donors (Lipinski definition) is 2. The van der Waals surface area contributed by atoms with Crippen LogP contribution in [0.15, 0.2) is 18.2 Å². The predicted molar refractivity (Wildman–Crippen MR) is 71.4 cm³/mol. The Balaban J connectivity index is 2.05. The summed E-state index contributed by atoms with van der Waals surface area (Å²) in [6, 6.07) is 6.35. The van der Waals surface area contributed by atoms with Crippen LogP contribution in [0.5, 0.6) is 5.75 Å². The molecule has 0 bridgehead atoms. The highest BCUT2D eigenvalue weighted by molar-refractivity contribution is 8.00. The van der Waals surface area contributed by atoms with Crippen LogP contribution in [0, 0.1) is 6.92 Å². The molecule has 2 N–H and O–H groups in total. The molecule has 0 spiro atoms. The van der Waals surface area contributed by atoms with Crippen molar-refractivity contribution < 1.29 is 5.11 Å². The molecule has 2 rings (SSSR count). The number of rotatable bonds is 2. The summed E-state index contributed by atoms with van der Waals surface area (Å²) in [4.78, 5) is 0. The summed E-state index contributed by atoms with van der Waals surface area (Å²) in [6.07, 6.45) is 2.51. The zero-order valence-electron chi connectivity index (χ0n) is 9.86. The summed E-state index contributed by atoms with van der Waals surface area (Å²) in [5.41, 5.74) is 1.96. The van der Waals surface area contributed by atoms with E-state index < -0.39 is 0 Å². The van der Waals surface area contributed by atoms with Crippen LogP contribution in [0.1, 0.15) is 25.3 Å². The number of aromatic hydroxyl groups is 1. The summed E-state index contributed by atoms with van der Waals surface area (Å²) in [7, 11) is 0. The van der Waals surface area contributed by atoms with Crippen molar-refractivity contribution in [3.63, 3.8) is 0 Å². The summed E-state index contributed by atoms with van der Waals surface area (Å²) < 4.78 is 0. The van der Waals surface area contributed by atoms with E-state index in [9.17, 15) is 5.11 Å². The van der Waals surface area contributed by atoms with Crippen LogP contribution in [0.3, 0.4) is 0 Å². The normalized spacial score (nSPS) is 25.4.